The zero-order chi connectivity index (χ0) is 27.5. The number of esters is 1. The van der Waals surface area contributed by atoms with Crippen LogP contribution in [0.2, 0.25) is 0 Å². The van der Waals surface area contributed by atoms with Gasteiger partial charge in [0.15, 0.2) is 28.7 Å². The molecule has 3 aromatic rings. The fourth-order valence-electron chi connectivity index (χ4n) is 5.21. The number of piperidine rings is 1. The fraction of sp³-hybridized carbons (Fsp3) is 0.414. The number of carbonyl (C=O) groups excluding carboxylic acids is 2. The summed E-state index contributed by atoms with van der Waals surface area (Å²) in [6, 6.07) is 11.7. The maximum atomic E-state index is 13.2. The normalized spacial score (nSPS) is 17.4. The van der Waals surface area contributed by atoms with Gasteiger partial charge < -0.3 is 33.0 Å². The molecule has 0 aliphatic carbocycles. The summed E-state index contributed by atoms with van der Waals surface area (Å²) in [5, 5.41) is 0. The molecule has 1 fully saturated rings. The van der Waals surface area contributed by atoms with Gasteiger partial charge in [-0.1, -0.05) is 12.1 Å². The summed E-state index contributed by atoms with van der Waals surface area (Å²) in [4.78, 5) is 33.8. The maximum absolute atomic E-state index is 13.2. The van der Waals surface area contributed by atoms with Crippen LogP contribution in [0.25, 0.3) is 0 Å². The van der Waals surface area contributed by atoms with E-state index in [9.17, 15) is 9.59 Å². The first-order valence-corrected chi connectivity index (χ1v) is 13.5. The van der Waals surface area contributed by atoms with E-state index < -0.39 is 0 Å². The molecule has 40 heavy (non-hydrogen) atoms. The van der Waals surface area contributed by atoms with E-state index in [0.717, 1.165) is 29.0 Å². The molecule has 1 aromatic heterocycles. The minimum absolute atomic E-state index is 0.213. The number of hydrogen-bond donors (Lipinski definition) is 0. The van der Waals surface area contributed by atoms with E-state index in [-0.39, 0.29) is 37.1 Å². The van der Waals surface area contributed by atoms with Crippen LogP contribution in [0.3, 0.4) is 0 Å². The first kappa shape index (κ1) is 26.0. The number of ether oxygens (including phenoxy) is 5. The van der Waals surface area contributed by atoms with E-state index in [0.29, 0.717) is 63.1 Å². The number of oxazole rings is 1. The largest absolute Gasteiger partial charge is 0.466 e. The third-order valence-corrected chi connectivity index (χ3v) is 7.14. The van der Waals surface area contributed by atoms with Crippen LogP contribution in [-0.2, 0) is 29.2 Å². The number of aromatic nitrogens is 1. The van der Waals surface area contributed by atoms with E-state index in [1.807, 2.05) is 36.4 Å². The second-order valence-electron chi connectivity index (χ2n) is 9.99. The first-order valence-electron chi connectivity index (χ1n) is 13.5. The summed E-state index contributed by atoms with van der Waals surface area (Å²) in [6.07, 6.45) is 2.84. The summed E-state index contributed by atoms with van der Waals surface area (Å²) >= 11 is 0. The van der Waals surface area contributed by atoms with Crippen LogP contribution in [-0.4, -0.2) is 59.9 Å². The van der Waals surface area contributed by atoms with Crippen LogP contribution in [0.4, 0.5) is 0 Å². The summed E-state index contributed by atoms with van der Waals surface area (Å²) in [7, 11) is 0. The Morgan fingerprint density at radius 1 is 0.950 bits per heavy atom. The van der Waals surface area contributed by atoms with E-state index in [1.165, 1.54) is 6.26 Å². The monoisotopic (exact) mass is 549 g/mol. The van der Waals surface area contributed by atoms with Crippen LogP contribution in [0.15, 0.2) is 47.1 Å². The standard InChI is InChI=1S/C29H31N3O8/c1-2-35-29(34)21-4-3-9-32(14-21)28(33)22-16-36-27(30-22)15-31(12-19-5-7-23-25(10-19)39-17-37-23)13-20-6-8-24-26(11-20)40-18-38-24/h5-8,10-11,16,21H,2-4,9,12-15,17-18H2,1H3/t21-/m0/s1. The van der Waals surface area contributed by atoms with E-state index in [1.54, 1.807) is 11.8 Å². The van der Waals surface area contributed by atoms with Crippen LogP contribution in [0, 0.1) is 5.92 Å². The van der Waals surface area contributed by atoms with Gasteiger partial charge in [0.2, 0.25) is 19.5 Å². The van der Waals surface area contributed by atoms with Crippen LogP contribution < -0.4 is 18.9 Å². The molecule has 0 N–H and O–H groups in total. The molecule has 11 nitrogen and oxygen atoms in total. The van der Waals surface area contributed by atoms with Crippen molar-refractivity contribution in [3.8, 4) is 23.0 Å². The van der Waals surface area contributed by atoms with Crippen molar-refractivity contribution in [2.75, 3.05) is 33.3 Å². The number of carbonyl (C=O) groups is 2. The Balaban J connectivity index is 1.17. The van der Waals surface area contributed by atoms with Crippen LogP contribution >= 0.6 is 0 Å². The number of nitrogens with zero attached hydrogens (tertiary/aromatic N) is 3. The van der Waals surface area contributed by atoms with Crippen molar-refractivity contribution in [1.82, 2.24) is 14.8 Å². The topological polar surface area (TPSA) is 113 Å². The molecule has 3 aliphatic heterocycles. The lowest BCUT2D eigenvalue weighted by molar-refractivity contribution is -0.149. The molecule has 6 rings (SSSR count). The van der Waals surface area contributed by atoms with Gasteiger partial charge in [0.1, 0.15) is 6.26 Å². The number of likely N-dealkylation sites (tertiary alicyclic amines) is 1. The Morgan fingerprint density at radius 2 is 1.60 bits per heavy atom. The van der Waals surface area contributed by atoms with Crippen molar-refractivity contribution < 1.29 is 37.7 Å². The van der Waals surface area contributed by atoms with Gasteiger partial charge >= 0.3 is 5.97 Å². The Morgan fingerprint density at radius 3 is 2.25 bits per heavy atom. The quantitative estimate of drug-likeness (QED) is 0.366. The smallest absolute Gasteiger partial charge is 0.310 e. The molecule has 1 amide bonds. The van der Waals surface area contributed by atoms with Gasteiger partial charge in [0, 0.05) is 26.2 Å². The molecule has 1 atom stereocenters. The Kier molecular flexibility index (Phi) is 7.45. The maximum Gasteiger partial charge on any atom is 0.310 e. The molecule has 4 heterocycles. The molecule has 0 unspecified atom stereocenters. The SMILES string of the molecule is CCOC(=O)[C@H]1CCCN(C(=O)c2coc(CN(Cc3ccc4c(c3)OCO4)Cc3ccc4c(c3)OCO4)n2)C1. The summed E-state index contributed by atoms with van der Waals surface area (Å²) in [6.45, 7) is 4.93. The average Bonchev–Trinajstić information content (AvgIpc) is 3.73. The summed E-state index contributed by atoms with van der Waals surface area (Å²) in [5.74, 6) is 2.48. The highest BCUT2D eigenvalue weighted by Crippen LogP contribution is 2.35. The van der Waals surface area contributed by atoms with Gasteiger partial charge in [0.05, 0.1) is 19.1 Å². The van der Waals surface area contributed by atoms with Gasteiger partial charge in [0.25, 0.3) is 5.91 Å². The van der Waals surface area contributed by atoms with Gasteiger partial charge in [-0.2, -0.15) is 0 Å². The van der Waals surface area contributed by atoms with Crippen molar-refractivity contribution in [2.45, 2.75) is 39.4 Å². The van der Waals surface area contributed by atoms with Crippen molar-refractivity contribution >= 4 is 11.9 Å². The van der Waals surface area contributed by atoms with E-state index >= 15 is 0 Å². The molecule has 0 radical (unpaired) electrons. The van der Waals surface area contributed by atoms with Gasteiger partial charge in [-0.05, 0) is 55.2 Å². The lowest BCUT2D eigenvalue weighted by Crippen LogP contribution is -2.43. The molecule has 3 aliphatic rings. The zero-order valence-electron chi connectivity index (χ0n) is 22.3. The first-order chi connectivity index (χ1) is 19.6. The number of rotatable bonds is 9. The summed E-state index contributed by atoms with van der Waals surface area (Å²) < 4.78 is 32.9. The predicted molar refractivity (Wildman–Crippen MR) is 140 cm³/mol. The highest BCUT2D eigenvalue weighted by Gasteiger charge is 2.31. The molecule has 2 aromatic carbocycles. The summed E-state index contributed by atoms with van der Waals surface area (Å²) in [5.41, 5.74) is 2.29. The second kappa shape index (κ2) is 11.5. The highest BCUT2D eigenvalue weighted by atomic mass is 16.7. The van der Waals surface area contributed by atoms with Crippen LogP contribution in [0.1, 0.15) is 47.3 Å². The molecule has 1 saturated heterocycles. The van der Waals surface area contributed by atoms with E-state index in [4.69, 9.17) is 28.1 Å². The molecule has 0 bridgehead atoms. The third-order valence-electron chi connectivity index (χ3n) is 7.14. The molecule has 210 valence electrons. The molecule has 11 heteroatoms. The lowest BCUT2D eigenvalue weighted by Gasteiger charge is -2.30. The molecule has 0 spiro atoms. The Labute approximate surface area is 231 Å². The average molecular weight is 550 g/mol. The minimum Gasteiger partial charge on any atom is -0.466 e. The van der Waals surface area contributed by atoms with Crippen molar-refractivity contribution in [3.63, 3.8) is 0 Å². The van der Waals surface area contributed by atoms with Crippen LogP contribution in [0.5, 0.6) is 23.0 Å². The molecular formula is C29H31N3O8. The number of amides is 1. The Hall–Kier alpha value is -4.25. The Bertz CT molecular complexity index is 1330. The second-order valence-corrected chi connectivity index (χ2v) is 9.99. The molecule has 0 saturated carbocycles. The zero-order valence-corrected chi connectivity index (χ0v) is 22.3. The highest BCUT2D eigenvalue weighted by molar-refractivity contribution is 5.92. The lowest BCUT2D eigenvalue weighted by atomic mass is 9.98. The number of benzene rings is 2. The van der Waals surface area contributed by atoms with Crippen molar-refractivity contribution in [1.29, 1.82) is 0 Å². The van der Waals surface area contributed by atoms with Crippen molar-refractivity contribution in [3.05, 3.63) is 65.4 Å². The number of fused-ring (bicyclic) bond motifs is 2. The predicted octanol–water partition coefficient (Wildman–Crippen LogP) is 3.75. The van der Waals surface area contributed by atoms with Crippen molar-refractivity contribution in [2.24, 2.45) is 5.92 Å². The number of hydrogen-bond acceptors (Lipinski definition) is 10. The minimum atomic E-state index is -0.317. The van der Waals surface area contributed by atoms with Gasteiger partial charge in [-0.25, -0.2) is 4.98 Å². The molecular weight excluding hydrogens is 518 g/mol. The van der Waals surface area contributed by atoms with Gasteiger partial charge in [-0.15, -0.1) is 0 Å². The third kappa shape index (κ3) is 5.69. The fourth-order valence-corrected chi connectivity index (χ4v) is 5.21. The van der Waals surface area contributed by atoms with E-state index in [2.05, 4.69) is 9.88 Å². The van der Waals surface area contributed by atoms with Gasteiger partial charge in [-0.3, -0.25) is 14.5 Å².